The SMILES string of the molecule is O=[N+]([O-])c1ccc(N(c2ccc(-c3c4ccccc4c(-c4cccc5ccccc45)c4ccccc34)cc2)c2ccc3ccncc3c2)cc1. The second kappa shape index (κ2) is 12.0. The second-order valence-corrected chi connectivity index (χ2v) is 12.4. The van der Waals surface area contributed by atoms with Crippen LogP contribution in [0.15, 0.2) is 176 Å². The second-order valence-electron chi connectivity index (χ2n) is 12.4. The predicted octanol–water partition coefficient (Wildman–Crippen LogP) is 12.4. The van der Waals surface area contributed by atoms with E-state index in [0.29, 0.717) is 0 Å². The number of fused-ring (bicyclic) bond motifs is 4. The van der Waals surface area contributed by atoms with Crippen molar-refractivity contribution in [2.75, 3.05) is 4.90 Å². The van der Waals surface area contributed by atoms with Gasteiger partial charge >= 0.3 is 0 Å². The van der Waals surface area contributed by atoms with Gasteiger partial charge in [-0.3, -0.25) is 15.1 Å². The number of pyridine rings is 1. The molecule has 1 heterocycles. The van der Waals surface area contributed by atoms with Crippen LogP contribution in [0.25, 0.3) is 65.3 Å². The Bertz CT molecular complexity index is 2680. The maximum Gasteiger partial charge on any atom is 0.269 e. The van der Waals surface area contributed by atoms with Crippen LogP contribution in [0.5, 0.6) is 0 Å². The van der Waals surface area contributed by atoms with Gasteiger partial charge in [-0.25, -0.2) is 0 Å². The lowest BCUT2D eigenvalue weighted by Gasteiger charge is -2.26. The third kappa shape index (κ3) is 4.92. The van der Waals surface area contributed by atoms with Crippen molar-refractivity contribution in [3.8, 4) is 22.3 Å². The summed E-state index contributed by atoms with van der Waals surface area (Å²) >= 11 is 0. The summed E-state index contributed by atoms with van der Waals surface area (Å²) in [5.74, 6) is 0. The van der Waals surface area contributed by atoms with E-state index in [9.17, 15) is 10.1 Å². The van der Waals surface area contributed by atoms with Gasteiger partial charge < -0.3 is 4.90 Å². The minimum Gasteiger partial charge on any atom is -0.310 e. The fraction of sp³-hybridized carbons (Fsp3) is 0. The molecule has 9 aromatic rings. The van der Waals surface area contributed by atoms with E-state index in [1.807, 2.05) is 12.3 Å². The van der Waals surface area contributed by atoms with Gasteiger partial charge in [0.05, 0.1) is 4.92 Å². The Hall–Kier alpha value is -6.85. The number of nitro benzene ring substituents is 1. The molecule has 0 aliphatic heterocycles. The summed E-state index contributed by atoms with van der Waals surface area (Å²) in [5, 5.41) is 20.8. The van der Waals surface area contributed by atoms with Gasteiger partial charge in [0.25, 0.3) is 5.69 Å². The van der Waals surface area contributed by atoms with E-state index in [1.165, 1.54) is 49.0 Å². The average Bonchev–Trinajstić information content (AvgIpc) is 3.17. The molecule has 0 bridgehead atoms. The lowest BCUT2D eigenvalue weighted by atomic mass is 9.85. The maximum atomic E-state index is 11.5. The van der Waals surface area contributed by atoms with Gasteiger partial charge in [-0.05, 0) is 102 Å². The summed E-state index contributed by atoms with van der Waals surface area (Å²) in [6.07, 6.45) is 3.64. The van der Waals surface area contributed by atoms with Gasteiger partial charge in [0.15, 0.2) is 0 Å². The number of hydrogen-bond acceptors (Lipinski definition) is 4. The molecule has 0 aliphatic rings. The molecule has 0 amide bonds. The number of aromatic nitrogens is 1. The predicted molar refractivity (Wildman–Crippen MR) is 206 cm³/mol. The first kappa shape index (κ1) is 29.3. The van der Waals surface area contributed by atoms with E-state index in [-0.39, 0.29) is 10.6 Å². The molecule has 50 heavy (non-hydrogen) atoms. The van der Waals surface area contributed by atoms with Crippen molar-refractivity contribution in [1.82, 2.24) is 4.98 Å². The Morgan fingerprint density at radius 3 is 1.70 bits per heavy atom. The topological polar surface area (TPSA) is 59.3 Å². The summed E-state index contributed by atoms with van der Waals surface area (Å²) in [5.41, 5.74) is 7.50. The molecular weight excluding hydrogens is 615 g/mol. The molecule has 0 fully saturated rings. The van der Waals surface area contributed by atoms with Crippen LogP contribution in [0.1, 0.15) is 0 Å². The highest BCUT2D eigenvalue weighted by Crippen LogP contribution is 2.46. The number of non-ortho nitro benzene ring substituents is 1. The standard InChI is InChI=1S/C45H29N3O2/c49-48(50)36-24-22-35(23-25-36)47(37-21-16-30-26-27-46-29-33(30)28-37)34-19-17-32(18-20-34)44-40-11-3-5-13-42(40)45(43-14-6-4-12-41(43)44)39-15-7-9-31-8-1-2-10-38(31)39/h1-29H. The number of rotatable bonds is 6. The number of hydrogen-bond donors (Lipinski definition) is 0. The van der Waals surface area contributed by atoms with E-state index in [4.69, 9.17) is 0 Å². The molecule has 5 heteroatoms. The summed E-state index contributed by atoms with van der Waals surface area (Å²) in [7, 11) is 0. The molecule has 9 rings (SSSR count). The van der Waals surface area contributed by atoms with E-state index in [2.05, 4.69) is 143 Å². The lowest BCUT2D eigenvalue weighted by Crippen LogP contribution is -2.10. The van der Waals surface area contributed by atoms with Crippen LogP contribution in [-0.4, -0.2) is 9.91 Å². The molecule has 1 aromatic heterocycles. The summed E-state index contributed by atoms with van der Waals surface area (Å²) in [6.45, 7) is 0. The summed E-state index contributed by atoms with van der Waals surface area (Å²) in [4.78, 5) is 17.6. The zero-order chi connectivity index (χ0) is 33.6. The van der Waals surface area contributed by atoms with Crippen molar-refractivity contribution in [3.63, 3.8) is 0 Å². The Kier molecular flexibility index (Phi) is 7.03. The molecule has 0 N–H and O–H groups in total. The zero-order valence-electron chi connectivity index (χ0n) is 26.9. The Balaban J connectivity index is 1.23. The summed E-state index contributed by atoms with van der Waals surface area (Å²) in [6, 6.07) is 56.1. The van der Waals surface area contributed by atoms with Crippen LogP contribution >= 0.6 is 0 Å². The van der Waals surface area contributed by atoms with Gasteiger partial charge in [0, 0.05) is 47.0 Å². The highest BCUT2D eigenvalue weighted by atomic mass is 16.6. The normalized spacial score (nSPS) is 11.4. The third-order valence-corrected chi connectivity index (χ3v) is 9.61. The first-order chi connectivity index (χ1) is 24.6. The molecule has 0 saturated heterocycles. The van der Waals surface area contributed by atoms with Gasteiger partial charge in [-0.2, -0.15) is 0 Å². The Morgan fingerprint density at radius 2 is 1.04 bits per heavy atom. The Labute approximate surface area is 288 Å². The van der Waals surface area contributed by atoms with Crippen molar-refractivity contribution in [2.24, 2.45) is 0 Å². The first-order valence-electron chi connectivity index (χ1n) is 16.5. The molecule has 0 aliphatic carbocycles. The van der Waals surface area contributed by atoms with Crippen LogP contribution < -0.4 is 4.90 Å². The molecule has 236 valence electrons. The third-order valence-electron chi connectivity index (χ3n) is 9.61. The van der Waals surface area contributed by atoms with E-state index >= 15 is 0 Å². The number of nitrogens with zero attached hydrogens (tertiary/aromatic N) is 3. The van der Waals surface area contributed by atoms with Crippen molar-refractivity contribution in [2.45, 2.75) is 0 Å². The number of benzene rings is 8. The highest BCUT2D eigenvalue weighted by Gasteiger charge is 2.19. The molecule has 0 unspecified atom stereocenters. The molecule has 0 atom stereocenters. The molecule has 0 radical (unpaired) electrons. The van der Waals surface area contributed by atoms with Gasteiger partial charge in [0.2, 0.25) is 0 Å². The molecule has 8 aromatic carbocycles. The molecule has 0 spiro atoms. The highest BCUT2D eigenvalue weighted by molar-refractivity contribution is 6.23. The minimum absolute atomic E-state index is 0.0532. The maximum absolute atomic E-state index is 11.5. The lowest BCUT2D eigenvalue weighted by molar-refractivity contribution is -0.384. The number of nitro groups is 1. The largest absolute Gasteiger partial charge is 0.310 e. The quantitative estimate of drug-likeness (QED) is 0.103. The first-order valence-corrected chi connectivity index (χ1v) is 16.5. The zero-order valence-corrected chi connectivity index (χ0v) is 26.9. The smallest absolute Gasteiger partial charge is 0.269 e. The van der Waals surface area contributed by atoms with E-state index in [1.54, 1.807) is 30.5 Å². The summed E-state index contributed by atoms with van der Waals surface area (Å²) < 4.78 is 0. The van der Waals surface area contributed by atoms with Gasteiger partial charge in [0.1, 0.15) is 0 Å². The average molecular weight is 644 g/mol. The van der Waals surface area contributed by atoms with Crippen molar-refractivity contribution in [1.29, 1.82) is 0 Å². The van der Waals surface area contributed by atoms with Crippen LogP contribution in [0.2, 0.25) is 0 Å². The van der Waals surface area contributed by atoms with Crippen molar-refractivity contribution in [3.05, 3.63) is 186 Å². The van der Waals surface area contributed by atoms with Crippen LogP contribution in [0.4, 0.5) is 22.7 Å². The molecule has 0 saturated carbocycles. The molecule has 5 nitrogen and oxygen atoms in total. The van der Waals surface area contributed by atoms with E-state index < -0.39 is 0 Å². The van der Waals surface area contributed by atoms with Crippen LogP contribution in [0, 0.1) is 10.1 Å². The number of anilines is 3. The monoisotopic (exact) mass is 643 g/mol. The van der Waals surface area contributed by atoms with Crippen molar-refractivity contribution >= 4 is 65.8 Å². The van der Waals surface area contributed by atoms with E-state index in [0.717, 1.165) is 33.4 Å². The fourth-order valence-corrected chi connectivity index (χ4v) is 7.33. The Morgan fingerprint density at radius 1 is 0.480 bits per heavy atom. The van der Waals surface area contributed by atoms with Crippen LogP contribution in [0.3, 0.4) is 0 Å². The molecular formula is C45H29N3O2. The van der Waals surface area contributed by atoms with Gasteiger partial charge in [-0.1, -0.05) is 109 Å². The fourth-order valence-electron chi connectivity index (χ4n) is 7.33. The van der Waals surface area contributed by atoms with Crippen LogP contribution in [-0.2, 0) is 0 Å². The van der Waals surface area contributed by atoms with Crippen molar-refractivity contribution < 1.29 is 4.92 Å². The minimum atomic E-state index is -0.370. The van der Waals surface area contributed by atoms with Gasteiger partial charge in [-0.15, -0.1) is 0 Å².